The Morgan fingerprint density at radius 1 is 1.18 bits per heavy atom. The van der Waals surface area contributed by atoms with Crippen molar-refractivity contribution in [1.29, 1.82) is 0 Å². The number of hydrogen-bond acceptors (Lipinski definition) is 5. The number of thiazole rings is 1. The van der Waals surface area contributed by atoms with Crippen molar-refractivity contribution < 1.29 is 14.3 Å². The predicted molar refractivity (Wildman–Crippen MR) is 86.5 cm³/mol. The minimum atomic E-state index is -0.429. The van der Waals surface area contributed by atoms with Crippen LogP contribution in [0.1, 0.15) is 29.2 Å². The molecule has 1 aromatic carbocycles. The highest BCUT2D eigenvalue weighted by atomic mass is 32.1. The zero-order chi connectivity index (χ0) is 16.1. The lowest BCUT2D eigenvalue weighted by Gasteiger charge is -2.06. The van der Waals surface area contributed by atoms with Crippen LogP contribution in [0.15, 0.2) is 30.3 Å². The fourth-order valence-electron chi connectivity index (χ4n) is 1.69. The topological polar surface area (TPSA) is 80.3 Å². The molecule has 2 N–H and O–H groups in total. The summed E-state index contributed by atoms with van der Waals surface area (Å²) in [6.45, 7) is 5.26. The third-order valence-electron chi connectivity index (χ3n) is 2.58. The van der Waals surface area contributed by atoms with E-state index in [2.05, 4.69) is 15.6 Å². The Labute approximate surface area is 132 Å². The smallest absolute Gasteiger partial charge is 0.350 e. The molecule has 0 unspecified atom stereocenters. The molecule has 116 valence electrons. The highest BCUT2D eigenvalue weighted by Crippen LogP contribution is 2.24. The molecule has 0 atom stereocenters. The number of aromatic nitrogens is 1. The van der Waals surface area contributed by atoms with Crippen LogP contribution in [0.5, 0.6) is 0 Å². The van der Waals surface area contributed by atoms with Gasteiger partial charge in [0.15, 0.2) is 5.13 Å². The van der Waals surface area contributed by atoms with Crippen LogP contribution in [-0.4, -0.2) is 23.1 Å². The van der Waals surface area contributed by atoms with Crippen molar-refractivity contribution in [3.63, 3.8) is 0 Å². The van der Waals surface area contributed by atoms with Gasteiger partial charge in [0.05, 0.1) is 11.8 Å². The van der Waals surface area contributed by atoms with E-state index in [1.165, 1.54) is 0 Å². The van der Waals surface area contributed by atoms with Gasteiger partial charge in [-0.05, 0) is 32.9 Å². The van der Waals surface area contributed by atoms with Gasteiger partial charge in [-0.15, -0.1) is 0 Å². The Morgan fingerprint density at radius 3 is 2.50 bits per heavy atom. The van der Waals surface area contributed by atoms with Gasteiger partial charge in [0.1, 0.15) is 4.88 Å². The molecule has 0 aliphatic rings. The van der Waals surface area contributed by atoms with Crippen molar-refractivity contribution in [2.24, 2.45) is 0 Å². The normalized spacial score (nSPS) is 10.4. The van der Waals surface area contributed by atoms with Gasteiger partial charge in [-0.1, -0.05) is 29.5 Å². The molecule has 0 bridgehead atoms. The Morgan fingerprint density at radius 2 is 1.86 bits per heavy atom. The lowest BCUT2D eigenvalue weighted by molar-refractivity contribution is 0.0382. The van der Waals surface area contributed by atoms with E-state index in [9.17, 15) is 9.59 Å². The molecule has 22 heavy (non-hydrogen) atoms. The van der Waals surface area contributed by atoms with Crippen molar-refractivity contribution in [2.75, 3.05) is 10.6 Å². The number of para-hydroxylation sites is 1. The van der Waals surface area contributed by atoms with E-state index < -0.39 is 12.0 Å². The molecule has 6 nitrogen and oxygen atoms in total. The third kappa shape index (κ3) is 4.29. The van der Waals surface area contributed by atoms with Crippen LogP contribution in [0.3, 0.4) is 0 Å². The number of rotatable bonds is 4. The van der Waals surface area contributed by atoms with Crippen LogP contribution in [-0.2, 0) is 4.74 Å². The van der Waals surface area contributed by atoms with Crippen molar-refractivity contribution in [1.82, 2.24) is 4.98 Å². The standard InChI is InChI=1S/C15H17N3O3S/c1-9(2)21-13(19)12-10(3)16-15(22-12)18-14(20)17-11-7-5-4-6-8-11/h4-9H,1-3H3,(H2,16,17,18,20). The number of anilines is 2. The van der Waals surface area contributed by atoms with Gasteiger partial charge in [0.25, 0.3) is 0 Å². The molecular formula is C15H17N3O3S. The van der Waals surface area contributed by atoms with Gasteiger partial charge < -0.3 is 10.1 Å². The average molecular weight is 319 g/mol. The zero-order valence-corrected chi connectivity index (χ0v) is 13.4. The third-order valence-corrected chi connectivity index (χ3v) is 3.63. The molecule has 7 heteroatoms. The summed E-state index contributed by atoms with van der Waals surface area (Å²) < 4.78 is 5.13. The number of nitrogens with zero attached hydrogens (tertiary/aromatic N) is 1. The number of carbonyl (C=O) groups excluding carboxylic acids is 2. The van der Waals surface area contributed by atoms with E-state index in [1.54, 1.807) is 32.9 Å². The average Bonchev–Trinajstić information content (AvgIpc) is 2.79. The minimum absolute atomic E-state index is 0.202. The second kappa shape index (κ2) is 7.04. The van der Waals surface area contributed by atoms with Crippen molar-refractivity contribution in [3.05, 3.63) is 40.9 Å². The Kier molecular flexibility index (Phi) is 5.11. The van der Waals surface area contributed by atoms with Crippen molar-refractivity contribution in [2.45, 2.75) is 26.9 Å². The number of aryl methyl sites for hydroxylation is 1. The molecule has 0 fully saturated rings. The first-order valence-corrected chi connectivity index (χ1v) is 7.59. The van der Waals surface area contributed by atoms with Crippen LogP contribution in [0.2, 0.25) is 0 Å². The van der Waals surface area contributed by atoms with Crippen LogP contribution in [0.25, 0.3) is 0 Å². The molecule has 0 aliphatic carbocycles. The zero-order valence-electron chi connectivity index (χ0n) is 12.5. The first kappa shape index (κ1) is 16.0. The molecule has 1 aromatic heterocycles. The molecule has 0 radical (unpaired) electrons. The van der Waals surface area contributed by atoms with E-state index in [-0.39, 0.29) is 6.10 Å². The minimum Gasteiger partial charge on any atom is -0.459 e. The Balaban J connectivity index is 2.01. The predicted octanol–water partition coefficient (Wildman–Crippen LogP) is 3.66. The summed E-state index contributed by atoms with van der Waals surface area (Å²) in [7, 11) is 0. The number of ether oxygens (including phenoxy) is 1. The highest BCUT2D eigenvalue weighted by Gasteiger charge is 2.18. The van der Waals surface area contributed by atoms with E-state index in [1.807, 2.05) is 18.2 Å². The summed E-state index contributed by atoms with van der Waals surface area (Å²) in [5, 5.41) is 5.64. The van der Waals surface area contributed by atoms with E-state index in [4.69, 9.17) is 4.74 Å². The fourth-order valence-corrected chi connectivity index (χ4v) is 2.53. The molecule has 0 aliphatic heterocycles. The molecular weight excluding hydrogens is 302 g/mol. The van der Waals surface area contributed by atoms with E-state index in [0.717, 1.165) is 11.3 Å². The van der Waals surface area contributed by atoms with Crippen molar-refractivity contribution >= 4 is 34.2 Å². The largest absolute Gasteiger partial charge is 0.459 e. The number of esters is 1. The first-order valence-electron chi connectivity index (χ1n) is 6.77. The van der Waals surface area contributed by atoms with Crippen LogP contribution < -0.4 is 10.6 Å². The molecule has 2 rings (SSSR count). The SMILES string of the molecule is Cc1nc(NC(=O)Nc2ccccc2)sc1C(=O)OC(C)C. The van der Waals surface area contributed by atoms with Crippen LogP contribution >= 0.6 is 11.3 Å². The van der Waals surface area contributed by atoms with Gasteiger partial charge in [-0.25, -0.2) is 14.6 Å². The summed E-state index contributed by atoms with van der Waals surface area (Å²) in [5.74, 6) is -0.429. The second-order valence-corrected chi connectivity index (χ2v) is 5.83. The maximum Gasteiger partial charge on any atom is 0.350 e. The first-order chi connectivity index (χ1) is 10.5. The quantitative estimate of drug-likeness (QED) is 0.843. The number of amides is 2. The highest BCUT2D eigenvalue weighted by molar-refractivity contribution is 7.17. The summed E-state index contributed by atoms with van der Waals surface area (Å²) in [6, 6.07) is 8.64. The summed E-state index contributed by atoms with van der Waals surface area (Å²) in [5.41, 5.74) is 1.21. The molecule has 1 heterocycles. The maximum atomic E-state index is 11.9. The number of nitrogens with one attached hydrogen (secondary N) is 2. The van der Waals surface area contributed by atoms with Gasteiger partial charge in [0.2, 0.25) is 0 Å². The van der Waals surface area contributed by atoms with Gasteiger partial charge in [-0.3, -0.25) is 5.32 Å². The van der Waals surface area contributed by atoms with Gasteiger partial charge >= 0.3 is 12.0 Å². The molecule has 0 saturated heterocycles. The number of benzene rings is 1. The van der Waals surface area contributed by atoms with Crippen LogP contribution in [0.4, 0.5) is 15.6 Å². The second-order valence-electron chi connectivity index (χ2n) is 4.83. The number of carbonyl (C=O) groups is 2. The monoisotopic (exact) mass is 319 g/mol. The number of hydrogen-bond donors (Lipinski definition) is 2. The molecule has 0 spiro atoms. The van der Waals surface area contributed by atoms with Crippen LogP contribution in [0, 0.1) is 6.92 Å². The van der Waals surface area contributed by atoms with E-state index in [0.29, 0.717) is 21.4 Å². The van der Waals surface area contributed by atoms with E-state index >= 15 is 0 Å². The van der Waals surface area contributed by atoms with Gasteiger partial charge in [0, 0.05) is 5.69 Å². The molecule has 0 saturated carbocycles. The lowest BCUT2D eigenvalue weighted by atomic mass is 10.3. The Hall–Kier alpha value is -2.41. The fraction of sp³-hybridized carbons (Fsp3) is 0.267. The van der Waals surface area contributed by atoms with Gasteiger partial charge in [-0.2, -0.15) is 0 Å². The summed E-state index contributed by atoms with van der Waals surface area (Å²) >= 11 is 1.09. The lowest BCUT2D eigenvalue weighted by Crippen LogP contribution is -2.19. The van der Waals surface area contributed by atoms with Crippen molar-refractivity contribution in [3.8, 4) is 0 Å². The number of urea groups is 1. The summed E-state index contributed by atoms with van der Waals surface area (Å²) in [6.07, 6.45) is -0.202. The Bertz CT molecular complexity index is 668. The molecule has 2 aromatic rings. The molecule has 2 amide bonds. The summed E-state index contributed by atoms with van der Waals surface area (Å²) in [4.78, 5) is 28.3. The maximum absolute atomic E-state index is 11.9.